The Morgan fingerprint density at radius 1 is 0.929 bits per heavy atom. The number of carboxylic acids is 3. The number of rotatable bonds is 5. The Morgan fingerprint density at radius 2 is 1.36 bits per heavy atom. The Hall–Kier alpha value is -1.96. The van der Waals surface area contributed by atoms with E-state index in [-0.39, 0.29) is 0 Å². The largest absolute Gasteiger partial charge is 0.549 e. The summed E-state index contributed by atoms with van der Waals surface area (Å²) in [5.74, 6) is -11.9. The topological polar surface area (TPSA) is 158 Å². The number of carbonyl (C=O) groups is 4. The van der Waals surface area contributed by atoms with Crippen molar-refractivity contribution in [3.63, 3.8) is 0 Å². The Bertz CT molecular complexity index is 292. The van der Waals surface area contributed by atoms with Crippen molar-refractivity contribution in [2.75, 3.05) is 0 Å². The molecule has 0 radical (unpaired) electrons. The van der Waals surface area contributed by atoms with E-state index >= 15 is 0 Å². The standard InChI is InChI=1S/C6H6O8/c7-2(5(11)12)1(4(9)10)3(8)6(13)14/h1-2,7H,(H,9,10)(H,11,12)(H,13,14)/p-3/t1-,2+/m1/s1. The summed E-state index contributed by atoms with van der Waals surface area (Å²) in [5, 5.41) is 38.5. The van der Waals surface area contributed by atoms with Crippen LogP contribution in [0.4, 0.5) is 0 Å². The van der Waals surface area contributed by atoms with Gasteiger partial charge in [-0.05, 0) is 0 Å². The van der Waals surface area contributed by atoms with Gasteiger partial charge in [0.25, 0.3) is 0 Å². The van der Waals surface area contributed by atoms with Crippen LogP contribution in [0.1, 0.15) is 0 Å². The second kappa shape index (κ2) is 4.33. The van der Waals surface area contributed by atoms with Gasteiger partial charge in [-0.25, -0.2) is 0 Å². The van der Waals surface area contributed by atoms with E-state index in [1.807, 2.05) is 0 Å². The zero-order chi connectivity index (χ0) is 11.5. The highest BCUT2D eigenvalue weighted by Gasteiger charge is 2.29. The molecular formula is C6H3O8-3. The minimum atomic E-state index is -2.79. The second-order valence-electron chi connectivity index (χ2n) is 2.21. The Morgan fingerprint density at radius 3 is 1.57 bits per heavy atom. The summed E-state index contributed by atoms with van der Waals surface area (Å²) >= 11 is 0. The molecule has 0 heterocycles. The number of hydrogen-bond donors (Lipinski definition) is 1. The molecule has 1 N–H and O–H groups in total. The molecule has 0 aromatic heterocycles. The third-order valence-corrected chi connectivity index (χ3v) is 1.29. The predicted molar refractivity (Wildman–Crippen MR) is 29.5 cm³/mol. The molecule has 14 heavy (non-hydrogen) atoms. The normalized spacial score (nSPS) is 14.1. The summed E-state index contributed by atoms with van der Waals surface area (Å²) in [6.45, 7) is 0. The Kier molecular flexibility index (Phi) is 3.72. The second-order valence-corrected chi connectivity index (χ2v) is 2.21. The highest BCUT2D eigenvalue weighted by molar-refractivity contribution is 6.36. The van der Waals surface area contributed by atoms with Gasteiger partial charge >= 0.3 is 0 Å². The van der Waals surface area contributed by atoms with Gasteiger partial charge in [0.2, 0.25) is 0 Å². The maximum absolute atomic E-state index is 10.5. The fourth-order valence-corrected chi connectivity index (χ4v) is 0.642. The van der Waals surface area contributed by atoms with Crippen LogP contribution in [0.25, 0.3) is 0 Å². The van der Waals surface area contributed by atoms with Crippen molar-refractivity contribution in [2.24, 2.45) is 5.92 Å². The molecule has 0 aliphatic heterocycles. The van der Waals surface area contributed by atoms with Crippen LogP contribution in [0.3, 0.4) is 0 Å². The van der Waals surface area contributed by atoms with Crippen molar-refractivity contribution >= 4 is 23.7 Å². The molecule has 0 aromatic carbocycles. The molecule has 0 spiro atoms. The fourth-order valence-electron chi connectivity index (χ4n) is 0.642. The van der Waals surface area contributed by atoms with Crippen LogP contribution in [0.2, 0.25) is 0 Å². The van der Waals surface area contributed by atoms with Crippen LogP contribution >= 0.6 is 0 Å². The first-order valence-corrected chi connectivity index (χ1v) is 3.14. The maximum atomic E-state index is 10.5. The van der Waals surface area contributed by atoms with E-state index in [9.17, 15) is 34.5 Å². The number of aliphatic carboxylic acids is 3. The van der Waals surface area contributed by atoms with Crippen LogP contribution in [0.15, 0.2) is 0 Å². The Labute approximate surface area is 76.4 Å². The molecule has 8 nitrogen and oxygen atoms in total. The highest BCUT2D eigenvalue weighted by Crippen LogP contribution is 2.03. The van der Waals surface area contributed by atoms with Crippen molar-refractivity contribution in [2.45, 2.75) is 6.10 Å². The highest BCUT2D eigenvalue weighted by atomic mass is 16.4. The number of ketones is 1. The molecule has 0 amide bonds. The van der Waals surface area contributed by atoms with Gasteiger partial charge in [0.1, 0.15) is 12.1 Å². The molecule has 0 aliphatic rings. The molecule has 0 saturated carbocycles. The van der Waals surface area contributed by atoms with Gasteiger partial charge in [-0.3, -0.25) is 4.79 Å². The number of hydrogen-bond acceptors (Lipinski definition) is 8. The summed E-state index contributed by atoms with van der Waals surface area (Å²) in [6.07, 6.45) is -2.79. The van der Waals surface area contributed by atoms with Gasteiger partial charge in [0, 0.05) is 0 Å². The van der Waals surface area contributed by atoms with Gasteiger partial charge in [0.15, 0.2) is 5.78 Å². The summed E-state index contributed by atoms with van der Waals surface area (Å²) in [4.78, 5) is 40.5. The third kappa shape index (κ3) is 2.52. The number of Topliss-reactive ketones (excluding diaryl/α,β-unsaturated/α-hetero) is 1. The SMILES string of the molecule is O=C([O-])C(=O)[C@H](C(=O)[O-])[C@H](O)C(=O)[O-]. The van der Waals surface area contributed by atoms with Gasteiger partial charge in [-0.2, -0.15) is 0 Å². The molecule has 0 aromatic rings. The van der Waals surface area contributed by atoms with E-state index in [0.717, 1.165) is 0 Å². The summed E-state index contributed by atoms with van der Waals surface area (Å²) in [5.41, 5.74) is 0. The zero-order valence-corrected chi connectivity index (χ0v) is 6.46. The van der Waals surface area contributed by atoms with Crippen molar-refractivity contribution in [1.82, 2.24) is 0 Å². The van der Waals surface area contributed by atoms with Crippen molar-refractivity contribution in [3.05, 3.63) is 0 Å². The number of carboxylic acid groups (broad SMARTS) is 3. The predicted octanol–water partition coefficient (Wildman–Crippen LogP) is -6.22. The van der Waals surface area contributed by atoms with Gasteiger partial charge < -0.3 is 34.8 Å². The van der Waals surface area contributed by atoms with Crippen molar-refractivity contribution < 1.29 is 39.6 Å². The first-order valence-electron chi connectivity index (χ1n) is 3.14. The summed E-state index contributed by atoms with van der Waals surface area (Å²) in [6, 6.07) is 0. The third-order valence-electron chi connectivity index (χ3n) is 1.29. The van der Waals surface area contributed by atoms with Crippen molar-refractivity contribution in [1.29, 1.82) is 0 Å². The molecule has 8 heteroatoms. The van der Waals surface area contributed by atoms with E-state index in [2.05, 4.69) is 0 Å². The van der Waals surface area contributed by atoms with Crippen LogP contribution in [-0.4, -0.2) is 34.9 Å². The zero-order valence-electron chi connectivity index (χ0n) is 6.46. The van der Waals surface area contributed by atoms with Crippen LogP contribution in [0, 0.1) is 5.92 Å². The lowest BCUT2D eigenvalue weighted by Crippen LogP contribution is -2.54. The molecule has 78 valence electrons. The average Bonchev–Trinajstić information content (AvgIpc) is 2.03. The molecule has 0 saturated heterocycles. The molecule has 0 fully saturated rings. The van der Waals surface area contributed by atoms with Gasteiger partial charge in [-0.1, -0.05) is 0 Å². The smallest absolute Gasteiger partial charge is 0.189 e. The molecule has 0 unspecified atom stereocenters. The van der Waals surface area contributed by atoms with E-state index in [1.165, 1.54) is 0 Å². The van der Waals surface area contributed by atoms with Crippen molar-refractivity contribution in [3.8, 4) is 0 Å². The molecular weight excluding hydrogens is 200 g/mol. The minimum absolute atomic E-state index is 2.10. The Balaban J connectivity index is 4.96. The molecule has 0 aliphatic carbocycles. The van der Waals surface area contributed by atoms with Crippen LogP contribution in [0.5, 0.6) is 0 Å². The maximum Gasteiger partial charge on any atom is 0.189 e. The summed E-state index contributed by atoms with van der Waals surface area (Å²) < 4.78 is 0. The van der Waals surface area contributed by atoms with Crippen LogP contribution in [-0.2, 0) is 19.2 Å². The van der Waals surface area contributed by atoms with E-state index in [0.29, 0.717) is 0 Å². The molecule has 2 atom stereocenters. The van der Waals surface area contributed by atoms with Gasteiger partial charge in [-0.15, -0.1) is 0 Å². The van der Waals surface area contributed by atoms with Crippen LogP contribution < -0.4 is 15.3 Å². The van der Waals surface area contributed by atoms with E-state index in [4.69, 9.17) is 5.11 Å². The lowest BCUT2D eigenvalue weighted by Gasteiger charge is -2.23. The monoisotopic (exact) mass is 203 g/mol. The van der Waals surface area contributed by atoms with E-state index in [1.54, 1.807) is 0 Å². The minimum Gasteiger partial charge on any atom is -0.549 e. The van der Waals surface area contributed by atoms with E-state index < -0.39 is 35.7 Å². The molecule has 0 rings (SSSR count). The fraction of sp³-hybridized carbons (Fsp3) is 0.333. The number of aliphatic hydroxyl groups is 1. The lowest BCUT2D eigenvalue weighted by atomic mass is 9.97. The molecule has 0 bridgehead atoms. The number of carbonyl (C=O) groups excluding carboxylic acids is 4. The first kappa shape index (κ1) is 12.0. The lowest BCUT2D eigenvalue weighted by molar-refractivity contribution is -0.330. The average molecular weight is 203 g/mol. The summed E-state index contributed by atoms with van der Waals surface area (Å²) in [7, 11) is 0. The first-order chi connectivity index (χ1) is 6.29. The number of aliphatic hydroxyl groups excluding tert-OH is 1. The quantitative estimate of drug-likeness (QED) is 0.341. The van der Waals surface area contributed by atoms with Gasteiger partial charge in [0.05, 0.1) is 17.9 Å².